The average Bonchev–Trinajstić information content (AvgIpc) is 2.58. The number of ether oxygens (including phenoxy) is 1. The molecule has 2 aromatic rings. The zero-order valence-electron chi connectivity index (χ0n) is 13.1. The third-order valence-corrected chi connectivity index (χ3v) is 3.55. The van der Waals surface area contributed by atoms with E-state index >= 15 is 0 Å². The van der Waals surface area contributed by atoms with Gasteiger partial charge in [0, 0.05) is 0 Å². The Morgan fingerprint density at radius 3 is 2.19 bits per heavy atom. The molecule has 0 aromatic heterocycles. The first-order chi connectivity index (χ1) is 12.2. The largest absolute Gasteiger partial charge is 0.451 e. The molecule has 0 amide bonds. The Kier molecular flexibility index (Phi) is 6.05. The smallest absolute Gasteiger partial charge is 0.416 e. The standard InChI is InChI=1S/C16H10F5N3OS/c1-26-15(23-8-22)24-10-2-4-11(5-3-10)25-14-12(17)6-9(7-13(14)18)16(19,20)21/h2-7H,1H3,(H,23,24). The molecule has 26 heavy (non-hydrogen) atoms. The molecule has 4 nitrogen and oxygen atoms in total. The molecule has 136 valence electrons. The summed E-state index contributed by atoms with van der Waals surface area (Å²) in [5.74, 6) is -3.88. The van der Waals surface area contributed by atoms with Crippen molar-refractivity contribution in [2.45, 2.75) is 6.18 Å². The predicted molar refractivity (Wildman–Crippen MR) is 87.2 cm³/mol. The van der Waals surface area contributed by atoms with Crippen molar-refractivity contribution >= 4 is 22.6 Å². The molecule has 0 saturated heterocycles. The number of hydrogen-bond acceptors (Lipinski definition) is 4. The van der Waals surface area contributed by atoms with Crippen LogP contribution in [0.25, 0.3) is 0 Å². The van der Waals surface area contributed by atoms with E-state index in [4.69, 9.17) is 10.00 Å². The van der Waals surface area contributed by atoms with E-state index in [2.05, 4.69) is 10.3 Å². The summed E-state index contributed by atoms with van der Waals surface area (Å²) in [5.41, 5.74) is -1.02. The van der Waals surface area contributed by atoms with E-state index in [0.29, 0.717) is 10.9 Å². The minimum absolute atomic E-state index is 0.000419. The van der Waals surface area contributed by atoms with Crippen LogP contribution in [0, 0.1) is 23.1 Å². The molecule has 0 unspecified atom stereocenters. The fourth-order valence-electron chi connectivity index (χ4n) is 1.82. The molecule has 10 heteroatoms. The first-order valence-electron chi connectivity index (χ1n) is 6.86. The molecule has 0 aliphatic rings. The van der Waals surface area contributed by atoms with Crippen LogP contribution in [0.3, 0.4) is 0 Å². The second-order valence-electron chi connectivity index (χ2n) is 4.72. The number of nitriles is 1. The monoisotopic (exact) mass is 387 g/mol. The lowest BCUT2D eigenvalue weighted by Crippen LogP contribution is -2.12. The Balaban J connectivity index is 2.23. The molecule has 2 aromatic carbocycles. The van der Waals surface area contributed by atoms with Crippen LogP contribution < -0.4 is 10.1 Å². The number of amidine groups is 1. The first kappa shape index (κ1) is 19.5. The highest BCUT2D eigenvalue weighted by Crippen LogP contribution is 2.35. The minimum atomic E-state index is -4.87. The van der Waals surface area contributed by atoms with Gasteiger partial charge in [0.1, 0.15) is 5.75 Å². The van der Waals surface area contributed by atoms with E-state index in [9.17, 15) is 22.0 Å². The molecule has 1 N–H and O–H groups in total. The Hall–Kier alpha value is -2.80. The zero-order chi connectivity index (χ0) is 19.3. The van der Waals surface area contributed by atoms with E-state index in [1.807, 2.05) is 0 Å². The topological polar surface area (TPSA) is 57.4 Å². The van der Waals surface area contributed by atoms with Gasteiger partial charge in [-0.05, 0) is 42.7 Å². The number of alkyl halides is 3. The van der Waals surface area contributed by atoms with Gasteiger partial charge in [-0.1, -0.05) is 11.8 Å². The van der Waals surface area contributed by atoms with Gasteiger partial charge >= 0.3 is 6.18 Å². The van der Waals surface area contributed by atoms with Crippen molar-refractivity contribution in [2.24, 2.45) is 4.99 Å². The molecule has 0 spiro atoms. The van der Waals surface area contributed by atoms with Gasteiger partial charge in [-0.3, -0.25) is 5.32 Å². The van der Waals surface area contributed by atoms with E-state index in [1.165, 1.54) is 36.0 Å². The highest BCUT2D eigenvalue weighted by Gasteiger charge is 2.33. The highest BCUT2D eigenvalue weighted by molar-refractivity contribution is 8.13. The summed E-state index contributed by atoms with van der Waals surface area (Å²) in [5, 5.41) is 11.3. The van der Waals surface area contributed by atoms with E-state index in [-0.39, 0.29) is 17.9 Å². The molecular weight excluding hydrogens is 377 g/mol. The van der Waals surface area contributed by atoms with E-state index in [1.54, 1.807) is 12.4 Å². The van der Waals surface area contributed by atoms with Gasteiger partial charge in [0.15, 0.2) is 28.7 Å². The van der Waals surface area contributed by atoms with Crippen LogP contribution >= 0.6 is 11.8 Å². The summed E-state index contributed by atoms with van der Waals surface area (Å²) in [6, 6.07) is 5.89. The molecule has 0 radical (unpaired) electrons. The number of aliphatic imine (C=N–C) groups is 1. The fraction of sp³-hybridized carbons (Fsp3) is 0.125. The number of thioether (sulfide) groups is 1. The molecule has 0 heterocycles. The maximum atomic E-state index is 13.8. The summed E-state index contributed by atoms with van der Waals surface area (Å²) in [7, 11) is 0. The van der Waals surface area contributed by atoms with Crippen LogP contribution in [0.1, 0.15) is 5.56 Å². The highest BCUT2D eigenvalue weighted by atomic mass is 32.2. The van der Waals surface area contributed by atoms with Crippen LogP contribution in [0.15, 0.2) is 41.4 Å². The average molecular weight is 387 g/mol. The van der Waals surface area contributed by atoms with Gasteiger partial charge in [0.2, 0.25) is 0 Å². The van der Waals surface area contributed by atoms with Crippen LogP contribution in [0.4, 0.5) is 27.6 Å². The van der Waals surface area contributed by atoms with Crippen molar-refractivity contribution < 1.29 is 26.7 Å². The van der Waals surface area contributed by atoms with Crippen molar-refractivity contribution in [3.8, 4) is 17.7 Å². The normalized spacial score (nSPS) is 11.8. The van der Waals surface area contributed by atoms with Gasteiger partial charge < -0.3 is 4.74 Å². The predicted octanol–water partition coefficient (Wildman–Crippen LogP) is 5.20. The van der Waals surface area contributed by atoms with Crippen LogP contribution in [0.2, 0.25) is 0 Å². The minimum Gasteiger partial charge on any atom is -0.451 e. The maximum absolute atomic E-state index is 13.8. The third kappa shape index (κ3) is 4.86. The molecule has 0 saturated carbocycles. The number of hydrogen-bond donors (Lipinski definition) is 1. The lowest BCUT2D eigenvalue weighted by Gasteiger charge is -2.11. The summed E-state index contributed by atoms with van der Waals surface area (Å²) in [6.45, 7) is 0. The summed E-state index contributed by atoms with van der Waals surface area (Å²) < 4.78 is 70.1. The Morgan fingerprint density at radius 2 is 1.73 bits per heavy atom. The number of benzene rings is 2. The van der Waals surface area contributed by atoms with Crippen LogP contribution in [-0.2, 0) is 6.18 Å². The second kappa shape index (κ2) is 8.05. The third-order valence-electron chi connectivity index (χ3n) is 2.97. The molecule has 0 fully saturated rings. The quantitative estimate of drug-likeness (QED) is 0.259. The van der Waals surface area contributed by atoms with Crippen LogP contribution in [0.5, 0.6) is 11.5 Å². The molecular formula is C16H10F5N3OS. The lowest BCUT2D eigenvalue weighted by molar-refractivity contribution is -0.138. The van der Waals surface area contributed by atoms with Gasteiger partial charge in [-0.15, -0.1) is 0 Å². The van der Waals surface area contributed by atoms with Crippen molar-refractivity contribution in [3.63, 3.8) is 0 Å². The second-order valence-corrected chi connectivity index (χ2v) is 5.52. The van der Waals surface area contributed by atoms with Crippen molar-refractivity contribution in [2.75, 3.05) is 6.26 Å². The van der Waals surface area contributed by atoms with E-state index in [0.717, 1.165) is 0 Å². The molecule has 0 aliphatic carbocycles. The van der Waals surface area contributed by atoms with E-state index < -0.39 is 29.1 Å². The number of nitrogens with zero attached hydrogens (tertiary/aromatic N) is 2. The Bertz CT molecular complexity index is 837. The SMILES string of the molecule is CSC(=Nc1ccc(Oc2c(F)cc(C(F)(F)F)cc2F)cc1)NC#N. The van der Waals surface area contributed by atoms with Crippen molar-refractivity contribution in [3.05, 3.63) is 53.6 Å². The molecule has 0 bridgehead atoms. The lowest BCUT2D eigenvalue weighted by atomic mass is 10.2. The summed E-state index contributed by atoms with van der Waals surface area (Å²) in [6.07, 6.45) is -1.44. The Morgan fingerprint density at radius 1 is 1.15 bits per heavy atom. The molecule has 0 atom stereocenters. The number of halogens is 5. The van der Waals surface area contributed by atoms with Crippen molar-refractivity contribution in [1.29, 1.82) is 5.26 Å². The zero-order valence-corrected chi connectivity index (χ0v) is 13.9. The number of rotatable bonds is 3. The summed E-state index contributed by atoms with van der Waals surface area (Å²) >= 11 is 1.20. The Labute approximate surface area is 149 Å². The van der Waals surface area contributed by atoms with Gasteiger partial charge in [-0.2, -0.15) is 18.4 Å². The molecule has 0 aliphatic heterocycles. The van der Waals surface area contributed by atoms with Gasteiger partial charge in [0.05, 0.1) is 11.3 Å². The fourth-order valence-corrected chi connectivity index (χ4v) is 2.16. The van der Waals surface area contributed by atoms with Crippen LogP contribution in [-0.4, -0.2) is 11.4 Å². The first-order valence-corrected chi connectivity index (χ1v) is 8.09. The van der Waals surface area contributed by atoms with Gasteiger partial charge in [0.25, 0.3) is 0 Å². The molecule has 2 rings (SSSR count). The van der Waals surface area contributed by atoms with Gasteiger partial charge in [-0.25, -0.2) is 13.8 Å². The maximum Gasteiger partial charge on any atom is 0.416 e. The number of nitrogens with one attached hydrogen (secondary N) is 1. The summed E-state index contributed by atoms with van der Waals surface area (Å²) in [4.78, 5) is 4.11. The van der Waals surface area contributed by atoms with Crippen molar-refractivity contribution in [1.82, 2.24) is 5.32 Å².